The van der Waals surface area contributed by atoms with E-state index >= 15 is 0 Å². The largest absolute Gasteiger partial charge is 0.482 e. The molecule has 5 heteroatoms. The number of amides is 1. The van der Waals surface area contributed by atoms with E-state index in [2.05, 4.69) is 5.32 Å². The van der Waals surface area contributed by atoms with Crippen LogP contribution in [0.5, 0.6) is 5.75 Å². The maximum Gasteiger partial charge on any atom is 0.341 e. The van der Waals surface area contributed by atoms with Crippen molar-refractivity contribution in [2.24, 2.45) is 5.41 Å². The van der Waals surface area contributed by atoms with Crippen molar-refractivity contribution >= 4 is 17.6 Å². The number of carbonyl (C=O) groups is 2. The molecule has 19 heavy (non-hydrogen) atoms. The topological polar surface area (TPSA) is 75.6 Å². The van der Waals surface area contributed by atoms with Crippen LogP contribution >= 0.6 is 0 Å². The number of carboxylic acid groups (broad SMARTS) is 1. The van der Waals surface area contributed by atoms with Crippen LogP contribution in [0.15, 0.2) is 24.3 Å². The van der Waals surface area contributed by atoms with Crippen LogP contribution in [0.25, 0.3) is 0 Å². The molecular formula is C14H19NO4. The third-order valence-corrected chi connectivity index (χ3v) is 2.19. The van der Waals surface area contributed by atoms with Crippen molar-refractivity contribution in [3.05, 3.63) is 24.3 Å². The third kappa shape index (κ3) is 6.45. The van der Waals surface area contributed by atoms with Gasteiger partial charge in [-0.1, -0.05) is 20.8 Å². The van der Waals surface area contributed by atoms with Crippen LogP contribution in [0.4, 0.5) is 5.69 Å². The summed E-state index contributed by atoms with van der Waals surface area (Å²) in [5.41, 5.74) is 0.603. The minimum atomic E-state index is -1.03. The minimum absolute atomic E-state index is 0.0493. The van der Waals surface area contributed by atoms with Crippen LogP contribution in [0, 0.1) is 5.41 Å². The van der Waals surface area contributed by atoms with Gasteiger partial charge in [-0.05, 0) is 29.7 Å². The lowest BCUT2D eigenvalue weighted by atomic mass is 9.92. The Morgan fingerprint density at radius 3 is 2.26 bits per heavy atom. The molecule has 0 radical (unpaired) electrons. The molecule has 0 fully saturated rings. The van der Waals surface area contributed by atoms with E-state index in [9.17, 15) is 9.59 Å². The maximum atomic E-state index is 11.7. The average molecular weight is 265 g/mol. The number of hydrogen-bond donors (Lipinski definition) is 2. The SMILES string of the molecule is CC(C)(C)CC(=O)Nc1ccc(OCC(=O)O)cc1. The number of benzene rings is 1. The van der Waals surface area contributed by atoms with E-state index in [0.29, 0.717) is 17.9 Å². The fourth-order valence-corrected chi connectivity index (χ4v) is 1.47. The average Bonchev–Trinajstić information content (AvgIpc) is 2.25. The zero-order valence-electron chi connectivity index (χ0n) is 11.4. The fourth-order valence-electron chi connectivity index (χ4n) is 1.47. The second kappa shape index (κ2) is 6.22. The van der Waals surface area contributed by atoms with Crippen molar-refractivity contribution < 1.29 is 19.4 Å². The molecule has 0 saturated heterocycles. The van der Waals surface area contributed by atoms with Crippen LogP contribution in [0.2, 0.25) is 0 Å². The first kappa shape index (κ1) is 15.0. The molecule has 104 valence electrons. The van der Waals surface area contributed by atoms with Crippen molar-refractivity contribution in [2.75, 3.05) is 11.9 Å². The first-order chi connectivity index (χ1) is 8.76. The van der Waals surface area contributed by atoms with Gasteiger partial charge in [0.25, 0.3) is 0 Å². The van der Waals surface area contributed by atoms with Gasteiger partial charge in [-0.2, -0.15) is 0 Å². The summed E-state index contributed by atoms with van der Waals surface area (Å²) in [4.78, 5) is 22.0. The Hall–Kier alpha value is -2.04. The number of rotatable bonds is 5. The van der Waals surface area contributed by atoms with Gasteiger partial charge >= 0.3 is 5.97 Å². The number of nitrogens with one attached hydrogen (secondary N) is 1. The van der Waals surface area contributed by atoms with E-state index in [4.69, 9.17) is 9.84 Å². The first-order valence-electron chi connectivity index (χ1n) is 6.01. The molecule has 0 saturated carbocycles. The van der Waals surface area contributed by atoms with Crippen molar-refractivity contribution in [1.29, 1.82) is 0 Å². The molecule has 0 aliphatic carbocycles. The molecule has 0 heterocycles. The van der Waals surface area contributed by atoms with Gasteiger partial charge in [0.15, 0.2) is 6.61 Å². The molecule has 1 aromatic rings. The molecular weight excluding hydrogens is 246 g/mol. The van der Waals surface area contributed by atoms with E-state index in [1.54, 1.807) is 24.3 Å². The first-order valence-corrected chi connectivity index (χ1v) is 6.01. The highest BCUT2D eigenvalue weighted by Crippen LogP contribution is 2.20. The Bertz CT molecular complexity index is 446. The summed E-state index contributed by atoms with van der Waals surface area (Å²) in [5.74, 6) is -0.620. The molecule has 1 rings (SSSR count). The summed E-state index contributed by atoms with van der Waals surface area (Å²) in [6.07, 6.45) is 0.435. The number of aliphatic carboxylic acids is 1. The Kier molecular flexibility index (Phi) is 4.92. The van der Waals surface area contributed by atoms with Gasteiger partial charge < -0.3 is 15.2 Å². The summed E-state index contributed by atoms with van der Waals surface area (Å²) in [5, 5.41) is 11.3. The molecule has 0 unspecified atom stereocenters. The van der Waals surface area contributed by atoms with Gasteiger partial charge in [0.2, 0.25) is 5.91 Å². The molecule has 1 aromatic carbocycles. The van der Waals surface area contributed by atoms with Gasteiger partial charge in [0, 0.05) is 12.1 Å². The predicted octanol–water partition coefficient (Wildman–Crippen LogP) is 2.52. The standard InChI is InChI=1S/C14H19NO4/c1-14(2,3)8-12(16)15-10-4-6-11(7-5-10)19-9-13(17)18/h4-7H,8-9H2,1-3H3,(H,15,16)(H,17,18). The lowest BCUT2D eigenvalue weighted by molar-refractivity contribution is -0.139. The van der Waals surface area contributed by atoms with Crippen molar-refractivity contribution in [1.82, 2.24) is 0 Å². The highest BCUT2D eigenvalue weighted by molar-refractivity contribution is 5.91. The van der Waals surface area contributed by atoms with E-state index in [1.165, 1.54) is 0 Å². The van der Waals surface area contributed by atoms with Gasteiger partial charge in [-0.15, -0.1) is 0 Å². The minimum Gasteiger partial charge on any atom is -0.482 e. The lowest BCUT2D eigenvalue weighted by Crippen LogP contribution is -2.19. The molecule has 0 aliphatic rings. The highest BCUT2D eigenvalue weighted by Gasteiger charge is 2.15. The number of anilines is 1. The smallest absolute Gasteiger partial charge is 0.341 e. The summed E-state index contributed by atoms with van der Waals surface area (Å²) in [7, 11) is 0. The molecule has 5 nitrogen and oxygen atoms in total. The van der Waals surface area contributed by atoms with Gasteiger partial charge in [0.1, 0.15) is 5.75 Å². The third-order valence-electron chi connectivity index (χ3n) is 2.19. The van der Waals surface area contributed by atoms with Crippen LogP contribution in [0.3, 0.4) is 0 Å². The van der Waals surface area contributed by atoms with Crippen LogP contribution in [0.1, 0.15) is 27.2 Å². The van der Waals surface area contributed by atoms with Crippen LogP contribution in [-0.4, -0.2) is 23.6 Å². The van der Waals surface area contributed by atoms with Crippen LogP contribution in [-0.2, 0) is 9.59 Å². The van der Waals surface area contributed by atoms with Crippen LogP contribution < -0.4 is 10.1 Å². The molecule has 0 bridgehead atoms. The normalized spacial score (nSPS) is 10.9. The van der Waals surface area contributed by atoms with E-state index in [0.717, 1.165) is 0 Å². The molecule has 0 atom stereocenters. The summed E-state index contributed by atoms with van der Waals surface area (Å²) in [6.45, 7) is 5.61. The van der Waals surface area contributed by atoms with Gasteiger partial charge in [-0.25, -0.2) is 4.79 Å². The number of carboxylic acids is 1. The Labute approximate surface area is 112 Å². The Morgan fingerprint density at radius 1 is 1.21 bits per heavy atom. The van der Waals surface area contributed by atoms with Crippen molar-refractivity contribution in [3.8, 4) is 5.75 Å². The monoisotopic (exact) mass is 265 g/mol. The number of ether oxygens (including phenoxy) is 1. The predicted molar refractivity (Wildman–Crippen MR) is 72.3 cm³/mol. The number of hydrogen-bond acceptors (Lipinski definition) is 3. The van der Waals surface area contributed by atoms with Crippen molar-refractivity contribution in [3.63, 3.8) is 0 Å². The quantitative estimate of drug-likeness (QED) is 0.857. The van der Waals surface area contributed by atoms with Crippen molar-refractivity contribution in [2.45, 2.75) is 27.2 Å². The second-order valence-corrected chi connectivity index (χ2v) is 5.49. The Morgan fingerprint density at radius 2 is 1.79 bits per heavy atom. The summed E-state index contributed by atoms with van der Waals surface area (Å²) >= 11 is 0. The highest BCUT2D eigenvalue weighted by atomic mass is 16.5. The molecule has 0 aliphatic heterocycles. The summed E-state index contributed by atoms with van der Waals surface area (Å²) in [6, 6.07) is 6.60. The van der Waals surface area contributed by atoms with E-state index in [1.807, 2.05) is 20.8 Å². The molecule has 0 aromatic heterocycles. The van der Waals surface area contributed by atoms with E-state index < -0.39 is 5.97 Å². The number of carbonyl (C=O) groups excluding carboxylic acids is 1. The lowest BCUT2D eigenvalue weighted by Gasteiger charge is -2.17. The zero-order valence-corrected chi connectivity index (χ0v) is 11.4. The van der Waals surface area contributed by atoms with Gasteiger partial charge in [-0.3, -0.25) is 4.79 Å². The maximum absolute atomic E-state index is 11.7. The second-order valence-electron chi connectivity index (χ2n) is 5.49. The molecule has 0 spiro atoms. The summed E-state index contributed by atoms with van der Waals surface area (Å²) < 4.78 is 5.00. The Balaban J connectivity index is 2.52. The van der Waals surface area contributed by atoms with E-state index in [-0.39, 0.29) is 17.9 Å². The van der Waals surface area contributed by atoms with Gasteiger partial charge in [0.05, 0.1) is 0 Å². The zero-order chi connectivity index (χ0) is 14.5. The fraction of sp³-hybridized carbons (Fsp3) is 0.429. The molecule has 1 amide bonds. The molecule has 2 N–H and O–H groups in total.